The molecule has 1 aliphatic heterocycles. The smallest absolute Gasteiger partial charge is 0.264 e. The Kier molecular flexibility index (Phi) is 7.52. The van der Waals surface area contributed by atoms with Crippen molar-refractivity contribution in [2.24, 2.45) is 0 Å². The highest BCUT2D eigenvalue weighted by atomic mass is 35.5. The number of benzene rings is 2. The second-order valence-corrected chi connectivity index (χ2v) is 9.51. The molecule has 2 N–H and O–H groups in total. The Morgan fingerprint density at radius 2 is 1.79 bits per heavy atom. The van der Waals surface area contributed by atoms with Gasteiger partial charge in [-0.3, -0.25) is 9.10 Å². The molecule has 3 rings (SSSR count). The number of quaternary nitrogens is 1. The first-order valence-corrected chi connectivity index (χ1v) is 11.7. The van der Waals surface area contributed by atoms with Crippen LogP contribution in [0.3, 0.4) is 0 Å². The Morgan fingerprint density at radius 3 is 2.48 bits per heavy atom. The molecule has 2 aromatic rings. The Balaban J connectivity index is 1.69. The zero-order valence-corrected chi connectivity index (χ0v) is 17.9. The molecule has 1 amide bonds. The lowest BCUT2D eigenvalue weighted by molar-refractivity contribution is -0.887. The highest BCUT2D eigenvalue weighted by Crippen LogP contribution is 2.25. The molecule has 29 heavy (non-hydrogen) atoms. The van der Waals surface area contributed by atoms with E-state index in [2.05, 4.69) is 5.32 Å². The predicted octanol–water partition coefficient (Wildman–Crippen LogP) is 1.72. The Hall–Kier alpha value is -2.09. The Morgan fingerprint density at radius 1 is 1.07 bits per heavy atom. The molecule has 0 bridgehead atoms. The van der Waals surface area contributed by atoms with Crippen molar-refractivity contribution in [2.75, 3.05) is 37.0 Å². The Bertz CT molecular complexity index is 916. The zero-order valence-electron chi connectivity index (χ0n) is 16.3. The molecule has 6 nitrogen and oxygen atoms in total. The van der Waals surface area contributed by atoms with Crippen molar-refractivity contribution in [1.29, 1.82) is 0 Å². The summed E-state index contributed by atoms with van der Waals surface area (Å²) in [5.41, 5.74) is 0.359. The van der Waals surface area contributed by atoms with Gasteiger partial charge in [-0.2, -0.15) is 0 Å². The van der Waals surface area contributed by atoms with Crippen LogP contribution >= 0.6 is 11.6 Å². The van der Waals surface area contributed by atoms with Gasteiger partial charge in [0.1, 0.15) is 6.54 Å². The third-order valence-corrected chi connectivity index (χ3v) is 7.08. The van der Waals surface area contributed by atoms with Crippen molar-refractivity contribution in [3.05, 3.63) is 59.6 Å². The van der Waals surface area contributed by atoms with Gasteiger partial charge in [-0.05, 0) is 30.3 Å². The normalized spacial score (nSPS) is 14.7. The van der Waals surface area contributed by atoms with Crippen LogP contribution < -0.4 is 14.5 Å². The molecular weight excluding hydrogens is 410 g/mol. The largest absolute Gasteiger partial charge is 0.354 e. The molecule has 1 fully saturated rings. The van der Waals surface area contributed by atoms with Gasteiger partial charge in [-0.15, -0.1) is 0 Å². The van der Waals surface area contributed by atoms with Gasteiger partial charge < -0.3 is 10.2 Å². The number of hydrogen-bond donors (Lipinski definition) is 2. The maximum Gasteiger partial charge on any atom is 0.264 e. The number of amides is 1. The number of carbonyl (C=O) groups is 1. The lowest BCUT2D eigenvalue weighted by Crippen LogP contribution is -3.10. The van der Waals surface area contributed by atoms with E-state index >= 15 is 0 Å². The van der Waals surface area contributed by atoms with Gasteiger partial charge in [0.25, 0.3) is 10.0 Å². The SMILES string of the molecule is O=C(CN(c1cccc(Cl)c1)S(=O)(=O)c1ccccc1)NCCC[NH+]1CCCC1. The van der Waals surface area contributed by atoms with Crippen LogP contribution in [0.5, 0.6) is 0 Å². The topological polar surface area (TPSA) is 70.9 Å². The van der Waals surface area contributed by atoms with E-state index in [1.165, 1.54) is 38.1 Å². The molecule has 8 heteroatoms. The maximum atomic E-state index is 13.2. The lowest BCUT2D eigenvalue weighted by atomic mass is 10.3. The minimum Gasteiger partial charge on any atom is -0.354 e. The molecule has 0 saturated carbocycles. The first-order valence-electron chi connectivity index (χ1n) is 9.90. The third-order valence-electron chi connectivity index (χ3n) is 5.05. The monoisotopic (exact) mass is 436 g/mol. The summed E-state index contributed by atoms with van der Waals surface area (Å²) in [5, 5.41) is 3.26. The quantitative estimate of drug-likeness (QED) is 0.588. The average Bonchev–Trinajstić information content (AvgIpc) is 3.23. The van der Waals surface area contributed by atoms with Crippen molar-refractivity contribution >= 4 is 33.2 Å². The first kappa shape index (κ1) is 21.6. The molecule has 0 aliphatic carbocycles. The van der Waals surface area contributed by atoms with Crippen LogP contribution in [0.15, 0.2) is 59.5 Å². The van der Waals surface area contributed by atoms with Gasteiger partial charge in [0, 0.05) is 30.8 Å². The number of rotatable bonds is 9. The predicted molar refractivity (Wildman–Crippen MR) is 115 cm³/mol. The number of carbonyl (C=O) groups excluding carboxylic acids is 1. The van der Waals surface area contributed by atoms with Gasteiger partial charge in [-0.25, -0.2) is 8.42 Å². The summed E-state index contributed by atoms with van der Waals surface area (Å²) >= 11 is 6.06. The third kappa shape index (κ3) is 5.95. The van der Waals surface area contributed by atoms with E-state index in [4.69, 9.17) is 11.6 Å². The second-order valence-electron chi connectivity index (χ2n) is 7.22. The van der Waals surface area contributed by atoms with E-state index in [-0.39, 0.29) is 17.3 Å². The van der Waals surface area contributed by atoms with Crippen LogP contribution in [0, 0.1) is 0 Å². The summed E-state index contributed by atoms with van der Waals surface area (Å²) in [6.07, 6.45) is 3.42. The number of sulfonamides is 1. The van der Waals surface area contributed by atoms with Crippen LogP contribution in [0.1, 0.15) is 19.3 Å². The summed E-state index contributed by atoms with van der Waals surface area (Å²) in [5.74, 6) is -0.332. The molecule has 1 heterocycles. The minimum atomic E-state index is -3.90. The van der Waals surface area contributed by atoms with E-state index in [0.29, 0.717) is 17.3 Å². The van der Waals surface area contributed by atoms with Gasteiger partial charge >= 0.3 is 0 Å². The average molecular weight is 437 g/mol. The van der Waals surface area contributed by atoms with E-state index < -0.39 is 10.0 Å². The van der Waals surface area contributed by atoms with Crippen molar-refractivity contribution in [1.82, 2.24) is 5.32 Å². The second kappa shape index (κ2) is 10.1. The highest BCUT2D eigenvalue weighted by Gasteiger charge is 2.27. The fourth-order valence-electron chi connectivity index (χ4n) is 3.54. The minimum absolute atomic E-state index is 0.130. The molecule has 0 atom stereocenters. The standard InChI is InChI=1S/C21H26ClN3O3S/c22-18-8-6-9-19(16-18)25(29(27,28)20-10-2-1-3-11-20)17-21(26)23-12-7-15-24-13-4-5-14-24/h1-3,6,8-11,16H,4-5,7,12-15,17H2,(H,23,26)/p+1. The summed E-state index contributed by atoms with van der Waals surface area (Å²) in [7, 11) is -3.90. The van der Waals surface area contributed by atoms with Gasteiger partial charge in [-0.1, -0.05) is 35.9 Å². The van der Waals surface area contributed by atoms with Crippen molar-refractivity contribution < 1.29 is 18.1 Å². The molecule has 0 radical (unpaired) electrons. The van der Waals surface area contributed by atoms with Gasteiger partial charge in [0.2, 0.25) is 5.91 Å². The molecule has 1 aliphatic rings. The molecule has 0 spiro atoms. The number of anilines is 1. The maximum absolute atomic E-state index is 13.2. The first-order chi connectivity index (χ1) is 14.0. The fourth-order valence-corrected chi connectivity index (χ4v) is 5.16. The van der Waals surface area contributed by atoms with Crippen molar-refractivity contribution in [3.63, 3.8) is 0 Å². The molecule has 2 aromatic carbocycles. The lowest BCUT2D eigenvalue weighted by Gasteiger charge is -2.24. The molecule has 156 valence electrons. The summed E-state index contributed by atoms with van der Waals surface area (Å²) in [6, 6.07) is 14.6. The van der Waals surface area contributed by atoms with Crippen LogP contribution in [0.2, 0.25) is 5.02 Å². The molecule has 0 aromatic heterocycles. The number of nitrogens with zero attached hydrogens (tertiary/aromatic N) is 1. The number of likely N-dealkylation sites (tertiary alicyclic amines) is 1. The fraction of sp³-hybridized carbons (Fsp3) is 0.381. The number of halogens is 1. The van der Waals surface area contributed by atoms with Crippen molar-refractivity contribution in [2.45, 2.75) is 24.2 Å². The summed E-state index contributed by atoms with van der Waals surface area (Å²) in [6.45, 7) is 3.67. The van der Waals surface area contributed by atoms with E-state index in [1.807, 2.05) is 0 Å². The number of nitrogens with one attached hydrogen (secondary N) is 2. The Labute approximate surface area is 177 Å². The van der Waals surface area contributed by atoms with Crippen LogP contribution in [0.4, 0.5) is 5.69 Å². The van der Waals surface area contributed by atoms with Gasteiger partial charge in [0.15, 0.2) is 0 Å². The molecule has 0 unspecified atom stereocenters. The van der Waals surface area contributed by atoms with Gasteiger partial charge in [0.05, 0.1) is 30.2 Å². The number of hydrogen-bond acceptors (Lipinski definition) is 3. The zero-order chi connectivity index (χ0) is 20.7. The van der Waals surface area contributed by atoms with Crippen LogP contribution in [0.25, 0.3) is 0 Å². The van der Waals surface area contributed by atoms with E-state index in [0.717, 1.165) is 17.3 Å². The molecule has 1 saturated heterocycles. The summed E-state index contributed by atoms with van der Waals surface area (Å²) < 4.78 is 27.5. The van der Waals surface area contributed by atoms with E-state index in [9.17, 15) is 13.2 Å². The van der Waals surface area contributed by atoms with Crippen LogP contribution in [-0.4, -0.2) is 47.0 Å². The van der Waals surface area contributed by atoms with E-state index in [1.54, 1.807) is 47.4 Å². The summed E-state index contributed by atoms with van der Waals surface area (Å²) in [4.78, 5) is 14.2. The van der Waals surface area contributed by atoms with Crippen molar-refractivity contribution in [3.8, 4) is 0 Å². The molecular formula is C21H27ClN3O3S+. The highest BCUT2D eigenvalue weighted by molar-refractivity contribution is 7.92. The van der Waals surface area contributed by atoms with Crippen LogP contribution in [-0.2, 0) is 14.8 Å².